The Balaban J connectivity index is 1.05. The fourth-order valence-electron chi connectivity index (χ4n) is 5.36. The molecule has 2 aromatic heterocycles. The average Bonchev–Trinajstić information content (AvgIpc) is 3.43. The minimum Gasteiger partial charge on any atom is -0.459 e. The van der Waals surface area contributed by atoms with Gasteiger partial charge in [-0.1, -0.05) is 18.2 Å². The van der Waals surface area contributed by atoms with Crippen LogP contribution in [0.4, 0.5) is 0 Å². The maximum Gasteiger partial charge on any atom is 0.338 e. The zero-order chi connectivity index (χ0) is 24.6. The molecule has 0 spiro atoms. The van der Waals surface area contributed by atoms with Crippen LogP contribution in [0.2, 0.25) is 0 Å². The molecule has 186 valence electrons. The summed E-state index contributed by atoms with van der Waals surface area (Å²) in [5.74, 6) is 0.498. The van der Waals surface area contributed by atoms with E-state index < -0.39 is 0 Å². The van der Waals surface area contributed by atoms with Gasteiger partial charge in [0.2, 0.25) is 5.91 Å². The summed E-state index contributed by atoms with van der Waals surface area (Å²) in [5, 5.41) is 14.7. The fraction of sp³-hybridized carbons (Fsp3) is 0.440. The second kappa shape index (κ2) is 9.40. The van der Waals surface area contributed by atoms with Crippen molar-refractivity contribution >= 4 is 11.9 Å². The number of aromatic nitrogens is 5. The van der Waals surface area contributed by atoms with Gasteiger partial charge in [-0.2, -0.15) is 4.68 Å². The third-order valence-corrected chi connectivity index (χ3v) is 7.29. The Kier molecular flexibility index (Phi) is 5.94. The van der Waals surface area contributed by atoms with Crippen molar-refractivity contribution in [3.63, 3.8) is 0 Å². The fourth-order valence-corrected chi connectivity index (χ4v) is 5.36. The minimum absolute atomic E-state index is 0.0886. The quantitative estimate of drug-likeness (QED) is 0.526. The van der Waals surface area contributed by atoms with Gasteiger partial charge in [-0.05, 0) is 46.2 Å². The van der Waals surface area contributed by atoms with E-state index in [-0.39, 0.29) is 30.1 Å². The molecular formula is C25H28N8O3. The summed E-state index contributed by atoms with van der Waals surface area (Å²) in [7, 11) is 0. The first-order valence-electron chi connectivity index (χ1n) is 12.3. The average molecular weight is 489 g/mol. The predicted molar refractivity (Wildman–Crippen MR) is 128 cm³/mol. The maximum atomic E-state index is 13.0. The van der Waals surface area contributed by atoms with Crippen molar-refractivity contribution in [2.45, 2.75) is 38.0 Å². The van der Waals surface area contributed by atoms with Crippen LogP contribution in [0, 0.1) is 0 Å². The molecular weight excluding hydrogens is 460 g/mol. The molecule has 11 heteroatoms. The number of pyridine rings is 1. The third kappa shape index (κ3) is 4.47. The smallest absolute Gasteiger partial charge is 0.338 e. The molecule has 5 heterocycles. The van der Waals surface area contributed by atoms with Crippen LogP contribution < -0.4 is 5.32 Å². The van der Waals surface area contributed by atoms with Gasteiger partial charge in [-0.15, -0.1) is 5.10 Å². The summed E-state index contributed by atoms with van der Waals surface area (Å²) in [6.07, 6.45) is 4.17. The number of hydrogen-bond acceptors (Lipinski definition) is 9. The summed E-state index contributed by atoms with van der Waals surface area (Å²) in [5.41, 5.74) is 3.81. The van der Waals surface area contributed by atoms with Crippen molar-refractivity contribution in [3.8, 4) is 5.82 Å². The summed E-state index contributed by atoms with van der Waals surface area (Å²) >= 11 is 0. The van der Waals surface area contributed by atoms with Crippen LogP contribution in [-0.4, -0.2) is 91.7 Å². The molecule has 3 aromatic rings. The minimum atomic E-state index is -0.230. The molecule has 1 aromatic carbocycles. The number of ether oxygens (including phenoxy) is 1. The number of nitrogens with one attached hydrogen (secondary N) is 1. The Labute approximate surface area is 208 Å². The van der Waals surface area contributed by atoms with Crippen molar-refractivity contribution in [3.05, 3.63) is 65.1 Å². The normalized spacial score (nSPS) is 24.1. The lowest BCUT2D eigenvalue weighted by molar-refractivity contribution is -0.134. The molecule has 0 aliphatic carbocycles. The number of fused-ring (bicyclic) bond motifs is 2. The van der Waals surface area contributed by atoms with Crippen LogP contribution in [0.15, 0.2) is 42.9 Å². The molecule has 0 saturated carbocycles. The lowest BCUT2D eigenvalue weighted by Crippen LogP contribution is -2.62. The van der Waals surface area contributed by atoms with Crippen molar-refractivity contribution in [2.75, 3.05) is 32.7 Å². The lowest BCUT2D eigenvalue weighted by Gasteiger charge is -2.47. The number of amides is 1. The van der Waals surface area contributed by atoms with Gasteiger partial charge in [0.25, 0.3) is 0 Å². The number of cyclic esters (lactones) is 1. The van der Waals surface area contributed by atoms with E-state index in [0.29, 0.717) is 30.9 Å². The van der Waals surface area contributed by atoms with E-state index in [1.165, 1.54) is 16.6 Å². The van der Waals surface area contributed by atoms with E-state index >= 15 is 0 Å². The molecule has 0 unspecified atom stereocenters. The monoisotopic (exact) mass is 488 g/mol. The van der Waals surface area contributed by atoms with Gasteiger partial charge in [0.05, 0.1) is 12.0 Å². The SMILES string of the molecule is C[C@@H]1Cc2cc([C@@H]3CN4CCN(C(=O)Cc5ccc(-n6cnnn6)nc5)C[C@H]4CN3)ccc2C(=O)O1. The van der Waals surface area contributed by atoms with Crippen molar-refractivity contribution in [1.29, 1.82) is 0 Å². The Hall–Kier alpha value is -3.70. The highest BCUT2D eigenvalue weighted by molar-refractivity contribution is 5.92. The van der Waals surface area contributed by atoms with Crippen LogP contribution in [0.5, 0.6) is 0 Å². The van der Waals surface area contributed by atoms with Gasteiger partial charge in [0.15, 0.2) is 5.82 Å². The molecule has 3 atom stereocenters. The third-order valence-electron chi connectivity index (χ3n) is 7.29. The molecule has 0 bridgehead atoms. The summed E-state index contributed by atoms with van der Waals surface area (Å²) < 4.78 is 6.83. The standard InChI is InChI=1S/C25H28N8O3/c1-16-8-19-10-18(3-4-21(19)25(35)36-16)22-14-31-6-7-32(13-20(31)12-26-22)24(34)9-17-2-5-23(27-11-17)33-15-28-29-30-33/h2-5,10-11,15-16,20,22,26H,6-9,12-14H2,1H3/t16-,20-,22+/m1/s1. The molecule has 11 nitrogen and oxygen atoms in total. The zero-order valence-corrected chi connectivity index (χ0v) is 20.1. The molecule has 36 heavy (non-hydrogen) atoms. The van der Waals surface area contributed by atoms with E-state index in [0.717, 1.165) is 37.2 Å². The Bertz CT molecular complexity index is 1260. The predicted octanol–water partition coefficient (Wildman–Crippen LogP) is 0.559. The molecule has 3 aliphatic heterocycles. The number of benzene rings is 1. The Morgan fingerprint density at radius 2 is 2.11 bits per heavy atom. The Morgan fingerprint density at radius 3 is 2.92 bits per heavy atom. The summed E-state index contributed by atoms with van der Waals surface area (Å²) in [4.78, 5) is 34.0. The first-order valence-corrected chi connectivity index (χ1v) is 12.3. The van der Waals surface area contributed by atoms with Gasteiger partial charge in [-0.3, -0.25) is 9.69 Å². The number of hydrogen-bond donors (Lipinski definition) is 1. The molecule has 2 fully saturated rings. The van der Waals surface area contributed by atoms with Crippen molar-refractivity contribution in [1.82, 2.24) is 40.3 Å². The first kappa shape index (κ1) is 22.7. The van der Waals surface area contributed by atoms with Gasteiger partial charge >= 0.3 is 5.97 Å². The van der Waals surface area contributed by atoms with Crippen LogP contribution in [0.3, 0.4) is 0 Å². The highest BCUT2D eigenvalue weighted by Crippen LogP contribution is 2.27. The molecule has 0 radical (unpaired) electrons. The van der Waals surface area contributed by atoms with E-state index in [2.05, 4.69) is 36.8 Å². The van der Waals surface area contributed by atoms with E-state index in [4.69, 9.17) is 4.74 Å². The van der Waals surface area contributed by atoms with Crippen LogP contribution in [0.25, 0.3) is 5.82 Å². The largest absolute Gasteiger partial charge is 0.459 e. The topological polar surface area (TPSA) is 118 Å². The van der Waals surface area contributed by atoms with Gasteiger partial charge in [0, 0.05) is 57.4 Å². The number of carbonyl (C=O) groups is 2. The highest BCUT2D eigenvalue weighted by Gasteiger charge is 2.35. The number of carbonyl (C=O) groups excluding carboxylic acids is 2. The number of rotatable bonds is 4. The van der Waals surface area contributed by atoms with Gasteiger partial charge in [-0.25, -0.2) is 9.78 Å². The van der Waals surface area contributed by atoms with Gasteiger partial charge in [0.1, 0.15) is 12.4 Å². The van der Waals surface area contributed by atoms with Crippen molar-refractivity contribution < 1.29 is 14.3 Å². The number of nitrogens with zero attached hydrogens (tertiary/aromatic N) is 7. The van der Waals surface area contributed by atoms with Crippen LogP contribution in [-0.2, 0) is 22.4 Å². The number of esters is 1. The van der Waals surface area contributed by atoms with E-state index in [1.807, 2.05) is 36.1 Å². The summed E-state index contributed by atoms with van der Waals surface area (Å²) in [6.45, 7) is 5.90. The van der Waals surface area contributed by atoms with E-state index in [1.54, 1.807) is 6.20 Å². The number of tetrazole rings is 1. The maximum absolute atomic E-state index is 13.0. The molecule has 2 saturated heterocycles. The zero-order valence-electron chi connectivity index (χ0n) is 20.1. The first-order chi connectivity index (χ1) is 17.5. The lowest BCUT2D eigenvalue weighted by atomic mass is 9.93. The molecule has 1 amide bonds. The van der Waals surface area contributed by atoms with Gasteiger partial charge < -0.3 is 15.0 Å². The van der Waals surface area contributed by atoms with E-state index in [9.17, 15) is 9.59 Å². The molecule has 1 N–H and O–H groups in total. The Morgan fingerprint density at radius 1 is 1.19 bits per heavy atom. The molecule has 6 rings (SSSR count). The van der Waals surface area contributed by atoms with Crippen LogP contribution in [0.1, 0.15) is 40.0 Å². The van der Waals surface area contributed by atoms with Crippen molar-refractivity contribution in [2.24, 2.45) is 0 Å². The summed E-state index contributed by atoms with van der Waals surface area (Å²) in [6, 6.07) is 10.3. The number of piperazine rings is 2. The second-order valence-electron chi connectivity index (χ2n) is 9.74. The second-order valence-corrected chi connectivity index (χ2v) is 9.74. The highest BCUT2D eigenvalue weighted by atomic mass is 16.5. The molecule has 3 aliphatic rings. The van der Waals surface area contributed by atoms with Crippen LogP contribution >= 0.6 is 0 Å².